The van der Waals surface area contributed by atoms with Gasteiger partial charge in [-0.05, 0) is 37.3 Å². The Morgan fingerprint density at radius 3 is 2.46 bits per heavy atom. The lowest BCUT2D eigenvalue weighted by molar-refractivity contribution is -0.124. The number of rotatable bonds is 5. The third kappa shape index (κ3) is 4.04. The van der Waals surface area contributed by atoms with Crippen molar-refractivity contribution in [2.75, 3.05) is 17.7 Å². The molecule has 0 fully saturated rings. The second-order valence-corrected chi connectivity index (χ2v) is 5.79. The monoisotopic (exact) mass is 349 g/mol. The Morgan fingerprint density at radius 2 is 1.69 bits per heavy atom. The Kier molecular flexibility index (Phi) is 5.24. The molecule has 0 bridgehead atoms. The van der Waals surface area contributed by atoms with E-state index in [1.54, 1.807) is 37.3 Å². The van der Waals surface area contributed by atoms with Gasteiger partial charge in [0.25, 0.3) is 11.8 Å². The van der Waals surface area contributed by atoms with E-state index >= 15 is 0 Å². The molecule has 1 atom stereocenters. The first-order valence-electron chi connectivity index (χ1n) is 8.17. The predicted octanol–water partition coefficient (Wildman–Crippen LogP) is 3.46. The number of amides is 2. The van der Waals surface area contributed by atoms with Gasteiger partial charge in [-0.3, -0.25) is 9.59 Å². The number of ether oxygens (including phenoxy) is 1. The van der Waals surface area contributed by atoms with Crippen LogP contribution in [0.25, 0.3) is 10.9 Å². The van der Waals surface area contributed by atoms with E-state index in [0.29, 0.717) is 17.1 Å². The average Bonchev–Trinajstić information content (AvgIpc) is 2.67. The number of hydrogen-bond acceptors (Lipinski definition) is 4. The minimum absolute atomic E-state index is 0.257. The zero-order chi connectivity index (χ0) is 18.5. The molecule has 0 unspecified atom stereocenters. The van der Waals surface area contributed by atoms with Crippen molar-refractivity contribution in [3.8, 4) is 0 Å². The Morgan fingerprint density at radius 1 is 0.962 bits per heavy atom. The van der Waals surface area contributed by atoms with Gasteiger partial charge in [0.1, 0.15) is 11.8 Å². The molecule has 132 valence electrons. The molecule has 1 aromatic heterocycles. The van der Waals surface area contributed by atoms with Gasteiger partial charge in [-0.1, -0.05) is 30.3 Å². The van der Waals surface area contributed by atoms with Crippen LogP contribution in [0.4, 0.5) is 11.4 Å². The average molecular weight is 349 g/mol. The zero-order valence-electron chi connectivity index (χ0n) is 14.5. The van der Waals surface area contributed by atoms with Crippen LogP contribution in [0.1, 0.15) is 17.4 Å². The first kappa shape index (κ1) is 17.6. The van der Waals surface area contributed by atoms with Gasteiger partial charge in [0, 0.05) is 23.9 Å². The van der Waals surface area contributed by atoms with Crippen LogP contribution >= 0.6 is 0 Å². The highest BCUT2D eigenvalue weighted by molar-refractivity contribution is 6.04. The minimum atomic E-state index is -0.560. The van der Waals surface area contributed by atoms with Gasteiger partial charge in [-0.25, -0.2) is 4.98 Å². The number of aromatic nitrogens is 1. The summed E-state index contributed by atoms with van der Waals surface area (Å²) in [6, 6.07) is 18.1. The minimum Gasteiger partial charge on any atom is -0.372 e. The molecule has 6 heteroatoms. The molecular formula is C20H19N3O3. The van der Waals surface area contributed by atoms with Gasteiger partial charge in [-0.2, -0.15) is 0 Å². The van der Waals surface area contributed by atoms with Crippen LogP contribution in [0.15, 0.2) is 60.7 Å². The molecule has 2 aromatic carbocycles. The number of fused-ring (bicyclic) bond motifs is 1. The van der Waals surface area contributed by atoms with Crippen LogP contribution in [0.5, 0.6) is 0 Å². The summed E-state index contributed by atoms with van der Waals surface area (Å²) in [5.74, 6) is -0.573. The number of carbonyl (C=O) groups is 2. The van der Waals surface area contributed by atoms with Gasteiger partial charge in [0.2, 0.25) is 0 Å². The first-order chi connectivity index (χ1) is 12.6. The highest BCUT2D eigenvalue weighted by Gasteiger charge is 2.13. The summed E-state index contributed by atoms with van der Waals surface area (Å²) < 4.78 is 4.98. The van der Waals surface area contributed by atoms with E-state index in [0.717, 1.165) is 10.9 Å². The van der Waals surface area contributed by atoms with Crippen LogP contribution in [0.3, 0.4) is 0 Å². The molecule has 3 rings (SSSR count). The van der Waals surface area contributed by atoms with Crippen molar-refractivity contribution >= 4 is 34.1 Å². The van der Waals surface area contributed by atoms with Crippen molar-refractivity contribution in [3.05, 3.63) is 66.4 Å². The highest BCUT2D eigenvalue weighted by atomic mass is 16.5. The summed E-state index contributed by atoms with van der Waals surface area (Å²) in [6.07, 6.45) is -0.560. The highest BCUT2D eigenvalue weighted by Crippen LogP contribution is 2.17. The van der Waals surface area contributed by atoms with Gasteiger partial charge >= 0.3 is 0 Å². The SMILES string of the molecule is CO[C@H](C)C(=O)Nc1cccc(NC(=O)c2ccc3ccccc3n2)c1. The van der Waals surface area contributed by atoms with E-state index < -0.39 is 6.10 Å². The molecule has 0 aliphatic heterocycles. The molecule has 0 saturated carbocycles. The fraction of sp³-hybridized carbons (Fsp3) is 0.150. The van der Waals surface area contributed by atoms with E-state index in [1.807, 2.05) is 30.3 Å². The van der Waals surface area contributed by atoms with E-state index in [9.17, 15) is 9.59 Å². The number of nitrogens with one attached hydrogen (secondary N) is 2. The Hall–Kier alpha value is -3.25. The maximum Gasteiger partial charge on any atom is 0.274 e. The summed E-state index contributed by atoms with van der Waals surface area (Å²) in [7, 11) is 1.47. The van der Waals surface area contributed by atoms with Crippen LogP contribution in [-0.4, -0.2) is 30.0 Å². The largest absolute Gasteiger partial charge is 0.372 e. The van der Waals surface area contributed by atoms with Gasteiger partial charge in [-0.15, -0.1) is 0 Å². The number of para-hydroxylation sites is 1. The third-order valence-electron chi connectivity index (χ3n) is 3.94. The molecule has 0 spiro atoms. The Balaban J connectivity index is 1.74. The molecule has 0 radical (unpaired) electrons. The van der Waals surface area contributed by atoms with Crippen molar-refractivity contribution in [3.63, 3.8) is 0 Å². The number of carbonyl (C=O) groups excluding carboxylic acids is 2. The second kappa shape index (κ2) is 7.76. The molecule has 3 aromatic rings. The predicted molar refractivity (Wildman–Crippen MR) is 101 cm³/mol. The Labute approximate surface area is 151 Å². The van der Waals surface area contributed by atoms with Crippen LogP contribution in [0, 0.1) is 0 Å². The maximum atomic E-state index is 12.5. The molecule has 0 aliphatic rings. The van der Waals surface area contributed by atoms with Crippen molar-refractivity contribution in [1.82, 2.24) is 4.98 Å². The number of benzene rings is 2. The van der Waals surface area contributed by atoms with Gasteiger partial charge in [0.15, 0.2) is 0 Å². The van der Waals surface area contributed by atoms with Gasteiger partial charge < -0.3 is 15.4 Å². The standard InChI is InChI=1S/C20H19N3O3/c1-13(26-2)19(24)21-15-7-5-8-16(12-15)22-20(25)18-11-10-14-6-3-4-9-17(14)23-18/h3-13H,1-2H3,(H,21,24)(H,22,25)/t13-/m1/s1. The lowest BCUT2D eigenvalue weighted by Gasteiger charge is -2.12. The van der Waals surface area contributed by atoms with E-state index in [-0.39, 0.29) is 11.8 Å². The van der Waals surface area contributed by atoms with Gasteiger partial charge in [0.05, 0.1) is 5.52 Å². The number of hydrogen-bond donors (Lipinski definition) is 2. The molecular weight excluding hydrogens is 330 g/mol. The first-order valence-corrected chi connectivity index (χ1v) is 8.17. The molecule has 26 heavy (non-hydrogen) atoms. The van der Waals surface area contributed by atoms with Crippen molar-refractivity contribution in [1.29, 1.82) is 0 Å². The normalized spacial score (nSPS) is 11.8. The van der Waals surface area contributed by atoms with Crippen LogP contribution < -0.4 is 10.6 Å². The third-order valence-corrected chi connectivity index (χ3v) is 3.94. The molecule has 2 amide bonds. The number of pyridine rings is 1. The number of methoxy groups -OCH3 is 1. The fourth-order valence-corrected chi connectivity index (χ4v) is 2.41. The quantitative estimate of drug-likeness (QED) is 0.739. The van der Waals surface area contributed by atoms with E-state index in [4.69, 9.17) is 4.74 Å². The van der Waals surface area contributed by atoms with E-state index in [2.05, 4.69) is 15.6 Å². The van der Waals surface area contributed by atoms with Crippen molar-refractivity contribution in [2.24, 2.45) is 0 Å². The summed E-state index contributed by atoms with van der Waals surface area (Å²) in [5, 5.41) is 6.51. The summed E-state index contributed by atoms with van der Waals surface area (Å²) in [5.41, 5.74) is 2.22. The number of nitrogens with zero attached hydrogens (tertiary/aromatic N) is 1. The topological polar surface area (TPSA) is 80.3 Å². The fourth-order valence-electron chi connectivity index (χ4n) is 2.41. The van der Waals surface area contributed by atoms with Crippen molar-refractivity contribution < 1.29 is 14.3 Å². The zero-order valence-corrected chi connectivity index (χ0v) is 14.5. The van der Waals surface area contributed by atoms with Crippen molar-refractivity contribution in [2.45, 2.75) is 13.0 Å². The summed E-state index contributed by atoms with van der Waals surface area (Å²) in [4.78, 5) is 28.7. The number of anilines is 2. The summed E-state index contributed by atoms with van der Waals surface area (Å²) in [6.45, 7) is 1.66. The molecule has 6 nitrogen and oxygen atoms in total. The smallest absolute Gasteiger partial charge is 0.274 e. The molecule has 2 N–H and O–H groups in total. The molecule has 0 aliphatic carbocycles. The molecule has 0 saturated heterocycles. The summed E-state index contributed by atoms with van der Waals surface area (Å²) >= 11 is 0. The maximum absolute atomic E-state index is 12.5. The second-order valence-electron chi connectivity index (χ2n) is 5.79. The lowest BCUT2D eigenvalue weighted by Crippen LogP contribution is -2.26. The van der Waals surface area contributed by atoms with Crippen LogP contribution in [-0.2, 0) is 9.53 Å². The van der Waals surface area contributed by atoms with E-state index in [1.165, 1.54) is 7.11 Å². The van der Waals surface area contributed by atoms with Crippen LogP contribution in [0.2, 0.25) is 0 Å². The lowest BCUT2D eigenvalue weighted by atomic mass is 10.2. The Bertz CT molecular complexity index is 956. The molecule has 1 heterocycles.